The van der Waals surface area contributed by atoms with Gasteiger partial charge in [0.15, 0.2) is 11.2 Å². The Balaban J connectivity index is 2.12. The molecule has 0 radical (unpaired) electrons. The number of rotatable bonds is 3. The van der Waals surface area contributed by atoms with Crippen LogP contribution in [0.15, 0.2) is 47.1 Å². The van der Waals surface area contributed by atoms with E-state index in [1.54, 1.807) is 41.8 Å². The Bertz CT molecular complexity index is 1060. The summed E-state index contributed by atoms with van der Waals surface area (Å²) >= 11 is 9.86. The minimum absolute atomic E-state index is 0.0542. The Morgan fingerprint density at radius 2 is 2.12 bits per heavy atom. The average Bonchev–Trinajstić information content (AvgIpc) is 3.09. The fraction of sp³-hybridized carbons (Fsp3) is 0.211. The number of Topliss-reactive ketones (excluding diaryl/α,β-unsaturated/α-hetero) is 1. The second-order valence-electron chi connectivity index (χ2n) is 6.03. The van der Waals surface area contributed by atoms with Crippen LogP contribution in [0.2, 0.25) is 5.02 Å². The number of hydrogen-bond donors (Lipinski definition) is 0. The first-order valence-electron chi connectivity index (χ1n) is 8.12. The molecule has 0 bridgehead atoms. The molecule has 0 saturated heterocycles. The highest BCUT2D eigenvalue weighted by Gasteiger charge is 2.58. The van der Waals surface area contributed by atoms with E-state index in [1.165, 1.54) is 0 Å². The molecule has 0 spiro atoms. The van der Waals surface area contributed by atoms with E-state index in [4.69, 9.17) is 16.3 Å². The maximum absolute atomic E-state index is 13.2. The zero-order valence-corrected chi connectivity index (χ0v) is 16.2. The summed E-state index contributed by atoms with van der Waals surface area (Å²) in [6, 6.07) is 10.6. The van der Waals surface area contributed by atoms with Gasteiger partial charge in [0.1, 0.15) is 5.65 Å². The van der Waals surface area contributed by atoms with E-state index in [1.807, 2.05) is 12.1 Å². The Morgan fingerprint density at radius 3 is 2.85 bits per heavy atom. The average molecular weight is 434 g/mol. The van der Waals surface area contributed by atoms with E-state index >= 15 is 0 Å². The molecular weight excluding hydrogens is 420 g/mol. The zero-order chi connectivity index (χ0) is 18.5. The van der Waals surface area contributed by atoms with E-state index in [9.17, 15) is 9.59 Å². The Hall–Kier alpha value is -2.18. The minimum atomic E-state index is -1.62. The first-order valence-corrected chi connectivity index (χ1v) is 9.29. The third-order valence-electron chi connectivity index (χ3n) is 4.62. The summed E-state index contributed by atoms with van der Waals surface area (Å²) in [4.78, 5) is 30.9. The zero-order valence-electron chi connectivity index (χ0n) is 13.8. The topological polar surface area (TPSA) is 60.7 Å². The Morgan fingerprint density at radius 1 is 1.35 bits per heavy atom. The summed E-state index contributed by atoms with van der Waals surface area (Å²) in [6.07, 6.45) is 1.85. The number of carbonyl (C=O) groups excluding carboxylic acids is 2. The first-order chi connectivity index (χ1) is 12.5. The second-order valence-corrected chi connectivity index (χ2v) is 7.36. The molecule has 5 nitrogen and oxygen atoms in total. The van der Waals surface area contributed by atoms with E-state index in [-0.39, 0.29) is 18.8 Å². The highest BCUT2D eigenvalue weighted by Crippen LogP contribution is 2.45. The van der Waals surface area contributed by atoms with Crippen molar-refractivity contribution in [3.05, 3.63) is 69.0 Å². The third-order valence-corrected chi connectivity index (χ3v) is 5.41. The standard InChI is InChI=1S/C19H14BrClN2O3/c1-2-26-18(25)19(12-5-3-4-6-13(12)21)15(24)9-14-17(19)23-10-11(20)7-8-16(23)22-14/h3-8,10H,2,9H2,1H3. The van der Waals surface area contributed by atoms with Crippen LogP contribution in [0, 0.1) is 0 Å². The highest BCUT2D eigenvalue weighted by atomic mass is 79.9. The van der Waals surface area contributed by atoms with Crippen molar-refractivity contribution in [2.24, 2.45) is 0 Å². The summed E-state index contributed by atoms with van der Waals surface area (Å²) in [7, 11) is 0. The molecule has 0 amide bonds. The fourth-order valence-corrected chi connectivity index (χ4v) is 4.22. The van der Waals surface area contributed by atoms with Crippen molar-refractivity contribution in [3.8, 4) is 0 Å². The summed E-state index contributed by atoms with van der Waals surface area (Å²) in [5.74, 6) is -0.908. The number of fused-ring (bicyclic) bond motifs is 3. The monoisotopic (exact) mass is 432 g/mol. The molecule has 1 aliphatic carbocycles. The Kier molecular flexibility index (Phi) is 4.12. The number of ether oxygens (including phenoxy) is 1. The highest BCUT2D eigenvalue weighted by molar-refractivity contribution is 9.10. The van der Waals surface area contributed by atoms with Crippen LogP contribution in [0.4, 0.5) is 0 Å². The quantitative estimate of drug-likeness (QED) is 0.466. The molecule has 0 N–H and O–H groups in total. The molecule has 1 unspecified atom stereocenters. The number of nitrogens with zero attached hydrogens (tertiary/aromatic N) is 2. The lowest BCUT2D eigenvalue weighted by Gasteiger charge is -2.27. The number of hydrogen-bond acceptors (Lipinski definition) is 4. The molecule has 7 heteroatoms. The van der Waals surface area contributed by atoms with Crippen LogP contribution in [0.1, 0.15) is 23.9 Å². The number of benzene rings is 1. The van der Waals surface area contributed by atoms with E-state index in [0.29, 0.717) is 27.6 Å². The van der Waals surface area contributed by atoms with Gasteiger partial charge in [-0.3, -0.25) is 9.59 Å². The number of pyridine rings is 1. The molecule has 0 saturated carbocycles. The maximum Gasteiger partial charge on any atom is 0.330 e. The van der Waals surface area contributed by atoms with Crippen LogP contribution in [0.3, 0.4) is 0 Å². The van der Waals surface area contributed by atoms with Crippen molar-refractivity contribution in [1.82, 2.24) is 9.38 Å². The molecule has 26 heavy (non-hydrogen) atoms. The van der Waals surface area contributed by atoms with Crippen LogP contribution < -0.4 is 0 Å². The van der Waals surface area contributed by atoms with Crippen LogP contribution in [0.25, 0.3) is 5.65 Å². The number of carbonyl (C=O) groups is 2. The van der Waals surface area contributed by atoms with Gasteiger partial charge in [0.05, 0.1) is 24.4 Å². The molecule has 1 aliphatic rings. The van der Waals surface area contributed by atoms with Crippen molar-refractivity contribution < 1.29 is 14.3 Å². The minimum Gasteiger partial charge on any atom is -0.465 e. The van der Waals surface area contributed by atoms with E-state index in [2.05, 4.69) is 20.9 Å². The Labute approximate surface area is 163 Å². The second kappa shape index (κ2) is 6.21. The number of imidazole rings is 1. The lowest BCUT2D eigenvalue weighted by molar-refractivity contribution is -0.151. The number of aromatic nitrogens is 2. The van der Waals surface area contributed by atoms with Crippen molar-refractivity contribution in [1.29, 1.82) is 0 Å². The van der Waals surface area contributed by atoms with Crippen LogP contribution in [-0.2, 0) is 26.2 Å². The van der Waals surface area contributed by atoms with Gasteiger partial charge >= 0.3 is 5.97 Å². The molecule has 1 atom stereocenters. The SMILES string of the molecule is CCOC(=O)C1(c2ccccc2Cl)C(=O)Cc2nc3ccc(Br)cn3c21. The largest absolute Gasteiger partial charge is 0.465 e. The molecule has 132 valence electrons. The molecule has 3 aromatic rings. The number of ketones is 1. The fourth-order valence-electron chi connectivity index (χ4n) is 3.61. The molecule has 0 aliphatic heterocycles. The first kappa shape index (κ1) is 17.2. The van der Waals surface area contributed by atoms with Gasteiger partial charge in [0, 0.05) is 21.3 Å². The third kappa shape index (κ3) is 2.25. The molecule has 0 fully saturated rings. The van der Waals surface area contributed by atoms with Crippen LogP contribution >= 0.6 is 27.5 Å². The molecule has 2 heterocycles. The van der Waals surface area contributed by atoms with Crippen molar-refractivity contribution in [3.63, 3.8) is 0 Å². The van der Waals surface area contributed by atoms with Gasteiger partial charge in [-0.15, -0.1) is 0 Å². The molecule has 1 aromatic carbocycles. The lowest BCUT2D eigenvalue weighted by Crippen LogP contribution is -2.44. The molecule has 2 aromatic heterocycles. The molecular formula is C19H14BrClN2O3. The van der Waals surface area contributed by atoms with Gasteiger partial charge in [0.25, 0.3) is 0 Å². The van der Waals surface area contributed by atoms with Crippen LogP contribution in [-0.4, -0.2) is 27.7 Å². The van der Waals surface area contributed by atoms with Gasteiger partial charge in [0.2, 0.25) is 0 Å². The van der Waals surface area contributed by atoms with Gasteiger partial charge in [-0.25, -0.2) is 4.98 Å². The predicted octanol–water partition coefficient (Wildman–Crippen LogP) is 3.72. The van der Waals surface area contributed by atoms with Crippen molar-refractivity contribution >= 4 is 44.9 Å². The van der Waals surface area contributed by atoms with Crippen LogP contribution in [0.5, 0.6) is 0 Å². The summed E-state index contributed by atoms with van der Waals surface area (Å²) < 4.78 is 7.92. The van der Waals surface area contributed by atoms with E-state index in [0.717, 1.165) is 4.47 Å². The predicted molar refractivity (Wildman–Crippen MR) is 100 cm³/mol. The normalized spacial score (nSPS) is 19.0. The maximum atomic E-state index is 13.2. The molecule has 4 rings (SSSR count). The van der Waals surface area contributed by atoms with Gasteiger partial charge < -0.3 is 9.14 Å². The van der Waals surface area contributed by atoms with E-state index < -0.39 is 11.4 Å². The van der Waals surface area contributed by atoms with Gasteiger partial charge in [-0.2, -0.15) is 0 Å². The summed E-state index contributed by atoms with van der Waals surface area (Å²) in [6.45, 7) is 1.87. The number of halogens is 2. The smallest absolute Gasteiger partial charge is 0.330 e. The van der Waals surface area contributed by atoms with Gasteiger partial charge in [-0.1, -0.05) is 29.8 Å². The van der Waals surface area contributed by atoms with Crippen molar-refractivity contribution in [2.75, 3.05) is 6.61 Å². The van der Waals surface area contributed by atoms with Crippen molar-refractivity contribution in [2.45, 2.75) is 18.8 Å². The van der Waals surface area contributed by atoms with Gasteiger partial charge in [-0.05, 0) is 41.1 Å². The summed E-state index contributed by atoms with van der Waals surface area (Å²) in [5, 5.41) is 0.340. The summed E-state index contributed by atoms with van der Waals surface area (Å²) in [5.41, 5.74) is 0.535. The lowest BCUT2D eigenvalue weighted by atomic mass is 9.77. The number of esters is 1.